The third-order valence-corrected chi connectivity index (χ3v) is 1.43. The normalized spacial score (nSPS) is 12.2. The van der Waals surface area contributed by atoms with Crippen molar-refractivity contribution in [3.8, 4) is 0 Å². The van der Waals surface area contributed by atoms with Gasteiger partial charge in [-0.1, -0.05) is 0 Å². The van der Waals surface area contributed by atoms with Crippen LogP contribution in [0.4, 0.5) is 0 Å². The topological polar surface area (TPSA) is 53.3 Å². The third kappa shape index (κ3) is 2.31. The van der Waals surface area contributed by atoms with Crippen LogP contribution in [0.3, 0.4) is 0 Å². The monoisotopic (exact) mass is 152 g/mol. The standard InChI is InChI=1S/C5H6O3S.Li/c1-4-2-3-5(8-4)9(6)7;/h2-3H,1H3,(H,6,7);/q;+1/p-1. The zero-order valence-electron chi connectivity index (χ0n) is 5.79. The summed E-state index contributed by atoms with van der Waals surface area (Å²) in [6.07, 6.45) is 0. The summed E-state index contributed by atoms with van der Waals surface area (Å²) in [4.78, 5) is 0. The van der Waals surface area contributed by atoms with Crippen molar-refractivity contribution < 1.29 is 32.0 Å². The van der Waals surface area contributed by atoms with Crippen LogP contribution >= 0.6 is 0 Å². The molecule has 10 heavy (non-hydrogen) atoms. The Kier molecular flexibility index (Phi) is 3.99. The van der Waals surface area contributed by atoms with Crippen LogP contribution in [0.15, 0.2) is 21.6 Å². The summed E-state index contributed by atoms with van der Waals surface area (Å²) in [5, 5.41) is -0.00694. The molecule has 3 nitrogen and oxygen atoms in total. The Morgan fingerprint density at radius 1 is 1.60 bits per heavy atom. The Morgan fingerprint density at radius 2 is 2.20 bits per heavy atom. The van der Waals surface area contributed by atoms with Crippen molar-refractivity contribution in [3.63, 3.8) is 0 Å². The van der Waals surface area contributed by atoms with Gasteiger partial charge in [-0.05, 0) is 19.1 Å². The number of rotatable bonds is 1. The van der Waals surface area contributed by atoms with E-state index in [0.29, 0.717) is 5.76 Å². The van der Waals surface area contributed by atoms with Crippen LogP contribution < -0.4 is 18.9 Å². The maximum absolute atomic E-state index is 10.1. The largest absolute Gasteiger partial charge is 1.00 e. The molecule has 1 atom stereocenters. The van der Waals surface area contributed by atoms with E-state index in [1.54, 1.807) is 13.0 Å². The van der Waals surface area contributed by atoms with Crippen molar-refractivity contribution in [1.29, 1.82) is 0 Å². The number of hydrogen-bond acceptors (Lipinski definition) is 3. The van der Waals surface area contributed by atoms with E-state index in [0.717, 1.165) is 0 Å². The fraction of sp³-hybridized carbons (Fsp3) is 0.200. The minimum absolute atomic E-state index is 0. The average molecular weight is 152 g/mol. The number of aryl methyl sites for hydroxylation is 1. The molecule has 5 heteroatoms. The Morgan fingerprint density at radius 3 is 2.40 bits per heavy atom. The van der Waals surface area contributed by atoms with Gasteiger partial charge in [0.25, 0.3) is 0 Å². The first-order chi connectivity index (χ1) is 4.20. The second-order valence-electron chi connectivity index (χ2n) is 1.60. The molecular weight excluding hydrogens is 147 g/mol. The van der Waals surface area contributed by atoms with Gasteiger partial charge in [0.15, 0.2) is 5.09 Å². The molecule has 0 saturated carbocycles. The predicted octanol–water partition coefficient (Wildman–Crippen LogP) is -2.17. The van der Waals surface area contributed by atoms with Gasteiger partial charge in [-0.3, -0.25) is 4.21 Å². The Hall–Kier alpha value is -0.0126. The molecule has 1 aromatic heterocycles. The van der Waals surface area contributed by atoms with E-state index >= 15 is 0 Å². The zero-order valence-corrected chi connectivity index (χ0v) is 6.60. The van der Waals surface area contributed by atoms with Crippen LogP contribution in [0.2, 0.25) is 0 Å². The molecule has 1 heterocycles. The minimum atomic E-state index is -2.22. The van der Waals surface area contributed by atoms with Crippen LogP contribution in [-0.4, -0.2) is 8.76 Å². The average Bonchev–Trinajstić information content (AvgIpc) is 2.14. The molecular formula is C5H5LiO3S. The van der Waals surface area contributed by atoms with Crippen molar-refractivity contribution in [3.05, 3.63) is 17.9 Å². The van der Waals surface area contributed by atoms with Gasteiger partial charge in [0, 0.05) is 11.1 Å². The molecule has 1 unspecified atom stereocenters. The summed E-state index contributed by atoms with van der Waals surface area (Å²) in [6.45, 7) is 1.69. The quantitative estimate of drug-likeness (QED) is 0.340. The summed E-state index contributed by atoms with van der Waals surface area (Å²) in [5.41, 5.74) is 0. The molecule has 1 aromatic rings. The Balaban J connectivity index is 0.000000810. The fourth-order valence-electron chi connectivity index (χ4n) is 0.502. The molecule has 0 N–H and O–H groups in total. The smallest absolute Gasteiger partial charge is 0.766 e. The van der Waals surface area contributed by atoms with E-state index in [-0.39, 0.29) is 24.0 Å². The molecule has 0 amide bonds. The van der Waals surface area contributed by atoms with Crippen molar-refractivity contribution >= 4 is 11.1 Å². The van der Waals surface area contributed by atoms with Crippen molar-refractivity contribution in [2.45, 2.75) is 12.0 Å². The molecule has 0 spiro atoms. The summed E-state index contributed by atoms with van der Waals surface area (Å²) >= 11 is -2.22. The van der Waals surface area contributed by atoms with Crippen LogP contribution in [-0.2, 0) is 11.1 Å². The van der Waals surface area contributed by atoms with Gasteiger partial charge in [0.2, 0.25) is 0 Å². The third-order valence-electron chi connectivity index (χ3n) is 0.880. The Bertz CT molecular complexity index is 233. The van der Waals surface area contributed by atoms with Gasteiger partial charge in [-0.2, -0.15) is 0 Å². The van der Waals surface area contributed by atoms with Crippen LogP contribution in [0.1, 0.15) is 5.76 Å². The second-order valence-corrected chi connectivity index (χ2v) is 2.47. The second kappa shape index (κ2) is 3.99. The van der Waals surface area contributed by atoms with E-state index in [1.165, 1.54) is 6.07 Å². The molecule has 0 aliphatic heterocycles. The maximum atomic E-state index is 10.1. The van der Waals surface area contributed by atoms with Crippen LogP contribution in [0.5, 0.6) is 0 Å². The van der Waals surface area contributed by atoms with E-state index in [9.17, 15) is 8.76 Å². The zero-order chi connectivity index (χ0) is 6.85. The van der Waals surface area contributed by atoms with E-state index in [2.05, 4.69) is 0 Å². The fourth-order valence-corrected chi connectivity index (χ4v) is 0.880. The minimum Gasteiger partial charge on any atom is -0.766 e. The molecule has 0 saturated heterocycles. The molecule has 1 rings (SSSR count). The summed E-state index contributed by atoms with van der Waals surface area (Å²) in [5.74, 6) is 0.606. The molecule has 0 aromatic carbocycles. The van der Waals surface area contributed by atoms with Gasteiger partial charge >= 0.3 is 18.9 Å². The van der Waals surface area contributed by atoms with E-state index < -0.39 is 11.1 Å². The first-order valence-corrected chi connectivity index (χ1v) is 3.43. The van der Waals surface area contributed by atoms with E-state index in [1.807, 2.05) is 0 Å². The van der Waals surface area contributed by atoms with Crippen molar-refractivity contribution in [2.75, 3.05) is 0 Å². The first-order valence-electron chi connectivity index (χ1n) is 2.36. The molecule has 0 bridgehead atoms. The van der Waals surface area contributed by atoms with Gasteiger partial charge in [0.1, 0.15) is 5.76 Å². The first kappa shape index (κ1) is 9.99. The van der Waals surface area contributed by atoms with Crippen molar-refractivity contribution in [2.24, 2.45) is 0 Å². The van der Waals surface area contributed by atoms with Gasteiger partial charge in [-0.25, -0.2) is 0 Å². The van der Waals surface area contributed by atoms with Gasteiger partial charge in [0.05, 0.1) is 0 Å². The van der Waals surface area contributed by atoms with Crippen molar-refractivity contribution in [1.82, 2.24) is 0 Å². The van der Waals surface area contributed by atoms with Gasteiger partial charge in [-0.15, -0.1) is 0 Å². The van der Waals surface area contributed by atoms with E-state index in [4.69, 9.17) is 4.42 Å². The maximum Gasteiger partial charge on any atom is 1.00 e. The van der Waals surface area contributed by atoms with Gasteiger partial charge < -0.3 is 8.97 Å². The molecule has 0 radical (unpaired) electrons. The number of furan rings is 1. The van der Waals surface area contributed by atoms with Crippen LogP contribution in [0, 0.1) is 6.92 Å². The summed E-state index contributed by atoms with van der Waals surface area (Å²) < 4.78 is 25.0. The number of hydrogen-bond donors (Lipinski definition) is 0. The molecule has 0 aliphatic carbocycles. The predicted molar refractivity (Wildman–Crippen MR) is 30.6 cm³/mol. The molecule has 0 aliphatic rings. The SMILES string of the molecule is Cc1ccc(S(=O)[O-])o1.[Li+]. The molecule has 50 valence electrons. The van der Waals surface area contributed by atoms with Crippen LogP contribution in [0.25, 0.3) is 0 Å². The molecule has 0 fully saturated rings. The summed E-state index contributed by atoms with van der Waals surface area (Å²) in [7, 11) is 0. The summed E-state index contributed by atoms with van der Waals surface area (Å²) in [6, 6.07) is 3.02. The Labute approximate surface area is 73.3 Å².